The van der Waals surface area contributed by atoms with Gasteiger partial charge in [0.15, 0.2) is 0 Å². The van der Waals surface area contributed by atoms with E-state index in [2.05, 4.69) is 4.72 Å². The van der Waals surface area contributed by atoms with E-state index in [4.69, 9.17) is 10.5 Å². The second kappa shape index (κ2) is 7.72. The topological polar surface area (TPSA) is 81.4 Å². The Kier molecular flexibility index (Phi) is 6.57. The van der Waals surface area contributed by atoms with E-state index in [-0.39, 0.29) is 12.2 Å². The molecule has 7 heteroatoms. The molecule has 1 aromatic carbocycles. The number of sulfonamides is 1. The summed E-state index contributed by atoms with van der Waals surface area (Å²) in [4.78, 5) is -0.423. The number of nitrogens with two attached hydrogens (primary N) is 1. The van der Waals surface area contributed by atoms with Gasteiger partial charge in [0.1, 0.15) is 10.7 Å². The predicted octanol–water partition coefficient (Wildman–Crippen LogP) is 2.06. The van der Waals surface area contributed by atoms with Gasteiger partial charge in [0, 0.05) is 25.4 Å². The van der Waals surface area contributed by atoms with Crippen LogP contribution in [0.25, 0.3) is 0 Å². The van der Waals surface area contributed by atoms with Crippen LogP contribution in [0.15, 0.2) is 17.0 Å². The molecular formula is C14H23FN2O3S. The first-order chi connectivity index (χ1) is 9.74. The first kappa shape index (κ1) is 17.9. The van der Waals surface area contributed by atoms with Crippen LogP contribution >= 0.6 is 0 Å². The molecule has 0 saturated heterocycles. The molecule has 0 radical (unpaired) electrons. The van der Waals surface area contributed by atoms with Gasteiger partial charge >= 0.3 is 0 Å². The third kappa shape index (κ3) is 5.61. The minimum Gasteiger partial charge on any atom is -0.398 e. The average Bonchev–Trinajstić information content (AvgIpc) is 2.37. The Morgan fingerprint density at radius 3 is 2.67 bits per heavy atom. The number of anilines is 1. The summed E-state index contributed by atoms with van der Waals surface area (Å²) in [6.07, 6.45) is 0.523. The van der Waals surface area contributed by atoms with Crippen LogP contribution in [-0.2, 0) is 14.8 Å². The molecule has 0 aliphatic heterocycles. The van der Waals surface area contributed by atoms with Gasteiger partial charge in [-0.05, 0) is 37.0 Å². The Balaban J connectivity index is 2.56. The molecule has 3 N–H and O–H groups in total. The van der Waals surface area contributed by atoms with Crippen LogP contribution in [0, 0.1) is 18.7 Å². The maximum atomic E-state index is 13.7. The van der Waals surface area contributed by atoms with Gasteiger partial charge in [-0.3, -0.25) is 0 Å². The Morgan fingerprint density at radius 2 is 2.05 bits per heavy atom. The first-order valence-electron chi connectivity index (χ1n) is 6.87. The fraction of sp³-hybridized carbons (Fsp3) is 0.571. The second-order valence-corrected chi connectivity index (χ2v) is 7.09. The van der Waals surface area contributed by atoms with Gasteiger partial charge in [-0.2, -0.15) is 0 Å². The molecule has 0 aromatic heterocycles. The maximum absolute atomic E-state index is 13.7. The second-order valence-electron chi connectivity index (χ2n) is 5.36. The molecule has 0 aliphatic rings. The normalized spacial score (nSPS) is 12.0. The van der Waals surface area contributed by atoms with Gasteiger partial charge < -0.3 is 10.5 Å². The van der Waals surface area contributed by atoms with Crippen LogP contribution in [0.3, 0.4) is 0 Å². The third-order valence-electron chi connectivity index (χ3n) is 2.82. The molecule has 0 atom stereocenters. The van der Waals surface area contributed by atoms with Crippen LogP contribution in [0.2, 0.25) is 0 Å². The summed E-state index contributed by atoms with van der Waals surface area (Å²) in [6, 6.07) is 2.26. The zero-order chi connectivity index (χ0) is 16.0. The quantitative estimate of drug-likeness (QED) is 0.568. The van der Waals surface area contributed by atoms with Crippen molar-refractivity contribution in [3.8, 4) is 0 Å². The minimum absolute atomic E-state index is 0.188. The largest absolute Gasteiger partial charge is 0.398 e. The number of halogens is 1. The molecule has 0 saturated carbocycles. The van der Waals surface area contributed by atoms with E-state index in [0.29, 0.717) is 31.1 Å². The number of ether oxygens (including phenoxy) is 1. The van der Waals surface area contributed by atoms with Crippen molar-refractivity contribution in [2.45, 2.75) is 32.1 Å². The Labute approximate surface area is 125 Å². The molecular weight excluding hydrogens is 295 g/mol. The number of benzene rings is 1. The summed E-state index contributed by atoms with van der Waals surface area (Å²) in [5, 5.41) is 0. The number of hydrogen-bond acceptors (Lipinski definition) is 4. The number of nitrogen functional groups attached to an aromatic ring is 1. The highest BCUT2D eigenvalue weighted by Crippen LogP contribution is 2.21. The van der Waals surface area contributed by atoms with Gasteiger partial charge in [-0.1, -0.05) is 13.8 Å². The lowest BCUT2D eigenvalue weighted by Gasteiger charge is -2.10. The Bertz CT molecular complexity index is 574. The highest BCUT2D eigenvalue weighted by atomic mass is 32.2. The van der Waals surface area contributed by atoms with Crippen molar-refractivity contribution >= 4 is 15.7 Å². The fourth-order valence-corrected chi connectivity index (χ4v) is 2.82. The number of hydrogen-bond donors (Lipinski definition) is 2. The van der Waals surface area contributed by atoms with Crippen LogP contribution in [-0.4, -0.2) is 28.2 Å². The van der Waals surface area contributed by atoms with E-state index in [1.807, 2.05) is 13.8 Å². The lowest BCUT2D eigenvalue weighted by atomic mass is 10.2. The lowest BCUT2D eigenvalue weighted by molar-refractivity contribution is 0.108. The molecule has 0 unspecified atom stereocenters. The van der Waals surface area contributed by atoms with Crippen LogP contribution in [0.1, 0.15) is 25.8 Å². The van der Waals surface area contributed by atoms with Crippen molar-refractivity contribution in [3.63, 3.8) is 0 Å². The van der Waals surface area contributed by atoms with E-state index >= 15 is 0 Å². The summed E-state index contributed by atoms with van der Waals surface area (Å²) in [6.45, 7) is 6.97. The standard InChI is InChI=1S/C14H23FN2O3S/c1-10(2)9-20-6-4-5-17-21(18,19)14-8-13(16)11(3)7-12(14)15/h7-8,10,17H,4-6,9,16H2,1-3H3. The molecule has 0 spiro atoms. The smallest absolute Gasteiger partial charge is 0.243 e. The summed E-state index contributed by atoms with van der Waals surface area (Å²) in [5.41, 5.74) is 6.39. The van der Waals surface area contributed by atoms with Crippen molar-refractivity contribution in [2.24, 2.45) is 5.92 Å². The van der Waals surface area contributed by atoms with Crippen molar-refractivity contribution in [1.82, 2.24) is 4.72 Å². The lowest BCUT2D eigenvalue weighted by Crippen LogP contribution is -2.26. The summed E-state index contributed by atoms with van der Waals surface area (Å²) in [5.74, 6) is -0.364. The molecule has 1 aromatic rings. The van der Waals surface area contributed by atoms with Crippen LogP contribution in [0.5, 0.6) is 0 Å². The van der Waals surface area contributed by atoms with Crippen molar-refractivity contribution in [1.29, 1.82) is 0 Å². The Morgan fingerprint density at radius 1 is 1.38 bits per heavy atom. The molecule has 1 rings (SSSR count). The highest BCUT2D eigenvalue weighted by Gasteiger charge is 2.19. The van der Waals surface area contributed by atoms with E-state index in [1.54, 1.807) is 6.92 Å². The highest BCUT2D eigenvalue weighted by molar-refractivity contribution is 7.89. The minimum atomic E-state index is -3.89. The van der Waals surface area contributed by atoms with Gasteiger partial charge in [0.2, 0.25) is 10.0 Å². The van der Waals surface area contributed by atoms with Gasteiger partial charge in [-0.15, -0.1) is 0 Å². The maximum Gasteiger partial charge on any atom is 0.243 e. The summed E-state index contributed by atoms with van der Waals surface area (Å²) >= 11 is 0. The van der Waals surface area contributed by atoms with Crippen molar-refractivity contribution < 1.29 is 17.5 Å². The molecule has 0 aliphatic carbocycles. The fourth-order valence-electron chi connectivity index (χ4n) is 1.65. The van der Waals surface area contributed by atoms with E-state index in [1.165, 1.54) is 0 Å². The monoisotopic (exact) mass is 318 g/mol. The van der Waals surface area contributed by atoms with Crippen molar-refractivity contribution in [2.75, 3.05) is 25.5 Å². The van der Waals surface area contributed by atoms with E-state index < -0.39 is 20.7 Å². The SMILES string of the molecule is Cc1cc(F)c(S(=O)(=O)NCCCOCC(C)C)cc1N. The van der Waals surface area contributed by atoms with Crippen molar-refractivity contribution in [3.05, 3.63) is 23.5 Å². The molecule has 0 amide bonds. The van der Waals surface area contributed by atoms with E-state index in [0.717, 1.165) is 12.1 Å². The zero-order valence-corrected chi connectivity index (χ0v) is 13.5. The van der Waals surface area contributed by atoms with Crippen LogP contribution in [0.4, 0.5) is 10.1 Å². The van der Waals surface area contributed by atoms with Gasteiger partial charge in [0.25, 0.3) is 0 Å². The van der Waals surface area contributed by atoms with E-state index in [9.17, 15) is 12.8 Å². The molecule has 21 heavy (non-hydrogen) atoms. The first-order valence-corrected chi connectivity index (χ1v) is 8.35. The number of rotatable bonds is 8. The summed E-state index contributed by atoms with van der Waals surface area (Å²) < 4.78 is 45.5. The molecule has 0 heterocycles. The zero-order valence-electron chi connectivity index (χ0n) is 12.6. The van der Waals surface area contributed by atoms with Gasteiger partial charge in [-0.25, -0.2) is 17.5 Å². The average molecular weight is 318 g/mol. The summed E-state index contributed by atoms with van der Waals surface area (Å²) in [7, 11) is -3.89. The number of nitrogens with one attached hydrogen (secondary N) is 1. The third-order valence-corrected chi connectivity index (χ3v) is 4.29. The van der Waals surface area contributed by atoms with Crippen LogP contribution < -0.4 is 10.5 Å². The molecule has 0 bridgehead atoms. The predicted molar refractivity (Wildman–Crippen MR) is 81.0 cm³/mol. The number of aryl methyl sites for hydroxylation is 1. The van der Waals surface area contributed by atoms with Gasteiger partial charge in [0.05, 0.1) is 0 Å². The molecule has 5 nitrogen and oxygen atoms in total. The molecule has 0 fully saturated rings. The Hall–Kier alpha value is -1.18. The molecule has 120 valence electrons.